The third-order valence-electron chi connectivity index (χ3n) is 6.63. The van der Waals surface area contributed by atoms with E-state index in [-0.39, 0.29) is 11.6 Å². The van der Waals surface area contributed by atoms with Crippen molar-refractivity contribution in [3.8, 4) is 0 Å². The Morgan fingerprint density at radius 3 is 2.39 bits per heavy atom. The Balaban J connectivity index is 1.59. The molecule has 0 amide bonds. The zero-order valence-electron chi connectivity index (χ0n) is 21.2. The molecule has 202 valence electrons. The van der Waals surface area contributed by atoms with Crippen LogP contribution in [0.25, 0.3) is 5.57 Å². The lowest BCUT2D eigenvalue weighted by Gasteiger charge is -2.34. The van der Waals surface area contributed by atoms with Gasteiger partial charge in [-0.25, -0.2) is 14.5 Å². The molecule has 2 aromatic rings. The number of nitrogens with zero attached hydrogens (tertiary/aromatic N) is 2. The third kappa shape index (κ3) is 6.95. The standard InChI is InChI=1S/C28H31BrN2O7/c1-35-26(33)23(19-32)25(21-7-9-22(29)10-8-21)27(34)38-28-31(15-18-37-28)24(20-5-3-2-4-6-20)11-12-30-13-16-36-17-14-30/h2-10,19,24,28H,11-18H2,1H3/b25-23+. The van der Waals surface area contributed by atoms with Crippen LogP contribution < -0.4 is 0 Å². The van der Waals surface area contributed by atoms with E-state index < -0.39 is 23.9 Å². The van der Waals surface area contributed by atoms with Gasteiger partial charge in [0.15, 0.2) is 6.29 Å². The van der Waals surface area contributed by atoms with Gasteiger partial charge in [-0.3, -0.25) is 9.69 Å². The number of hydrogen-bond donors (Lipinski definition) is 0. The van der Waals surface area contributed by atoms with Crippen LogP contribution in [0.5, 0.6) is 0 Å². The van der Waals surface area contributed by atoms with Crippen molar-refractivity contribution in [3.05, 3.63) is 75.8 Å². The maximum absolute atomic E-state index is 13.5. The van der Waals surface area contributed by atoms with Crippen LogP contribution in [0.3, 0.4) is 0 Å². The molecule has 0 radical (unpaired) electrons. The number of hydrogen-bond acceptors (Lipinski definition) is 9. The minimum absolute atomic E-state index is 0.0781. The van der Waals surface area contributed by atoms with E-state index in [0.29, 0.717) is 38.2 Å². The van der Waals surface area contributed by atoms with Crippen LogP contribution >= 0.6 is 15.9 Å². The molecule has 2 saturated heterocycles. The molecule has 2 aromatic carbocycles. The molecule has 0 saturated carbocycles. The SMILES string of the molecule is COC(=O)/C(C=O)=C(/C(=O)OC1OCCN1C(CCN1CCOCC1)c1ccccc1)c1ccc(Br)cc1. The Kier molecular flexibility index (Phi) is 10.2. The van der Waals surface area contributed by atoms with Crippen LogP contribution in [0.2, 0.25) is 0 Å². The Hall–Kier alpha value is -2.89. The Bertz CT molecular complexity index is 1130. The highest BCUT2D eigenvalue weighted by Crippen LogP contribution is 2.32. The Morgan fingerprint density at radius 2 is 1.74 bits per heavy atom. The number of halogens is 1. The molecule has 0 aromatic heterocycles. The molecule has 0 aliphatic carbocycles. The Morgan fingerprint density at radius 1 is 1.03 bits per heavy atom. The first-order valence-electron chi connectivity index (χ1n) is 12.5. The molecule has 2 aliphatic rings. The van der Waals surface area contributed by atoms with Crippen molar-refractivity contribution < 1.29 is 33.3 Å². The molecule has 10 heteroatoms. The predicted molar refractivity (Wildman–Crippen MR) is 143 cm³/mol. The highest BCUT2D eigenvalue weighted by atomic mass is 79.9. The van der Waals surface area contributed by atoms with E-state index in [1.165, 1.54) is 0 Å². The topological polar surface area (TPSA) is 94.6 Å². The zero-order valence-corrected chi connectivity index (χ0v) is 22.8. The maximum atomic E-state index is 13.5. The minimum atomic E-state index is -0.992. The normalized spacial score (nSPS) is 19.9. The fourth-order valence-corrected chi connectivity index (χ4v) is 4.93. The van der Waals surface area contributed by atoms with Gasteiger partial charge in [0.05, 0.1) is 32.5 Å². The molecular formula is C28H31BrN2O7. The van der Waals surface area contributed by atoms with Crippen molar-refractivity contribution in [2.45, 2.75) is 18.9 Å². The number of morpholine rings is 1. The van der Waals surface area contributed by atoms with Gasteiger partial charge in [-0.2, -0.15) is 0 Å². The minimum Gasteiger partial charge on any atom is -0.465 e. The quantitative estimate of drug-likeness (QED) is 0.137. The molecule has 2 unspecified atom stereocenters. The van der Waals surface area contributed by atoms with E-state index >= 15 is 0 Å². The van der Waals surface area contributed by atoms with Crippen molar-refractivity contribution in [2.24, 2.45) is 0 Å². The van der Waals surface area contributed by atoms with Gasteiger partial charge in [-0.1, -0.05) is 58.4 Å². The van der Waals surface area contributed by atoms with Crippen LogP contribution in [0.1, 0.15) is 23.6 Å². The lowest BCUT2D eigenvalue weighted by Crippen LogP contribution is -2.41. The van der Waals surface area contributed by atoms with Crippen molar-refractivity contribution >= 4 is 39.7 Å². The first kappa shape index (κ1) is 28.1. The van der Waals surface area contributed by atoms with E-state index in [4.69, 9.17) is 18.9 Å². The number of ether oxygens (including phenoxy) is 4. The molecule has 9 nitrogen and oxygen atoms in total. The first-order chi connectivity index (χ1) is 18.5. The van der Waals surface area contributed by atoms with Gasteiger partial charge in [0, 0.05) is 36.7 Å². The summed E-state index contributed by atoms with van der Waals surface area (Å²) in [5.74, 6) is -1.77. The van der Waals surface area contributed by atoms with E-state index in [2.05, 4.69) is 33.0 Å². The van der Waals surface area contributed by atoms with E-state index in [9.17, 15) is 14.4 Å². The first-order valence-corrected chi connectivity index (χ1v) is 13.3. The van der Waals surface area contributed by atoms with E-state index in [1.807, 2.05) is 23.1 Å². The summed E-state index contributed by atoms with van der Waals surface area (Å²) in [6.07, 6.45) is 0.110. The second-order valence-corrected chi connectivity index (χ2v) is 9.81. The number of carbonyl (C=O) groups is 3. The van der Waals surface area contributed by atoms with Crippen molar-refractivity contribution in [1.29, 1.82) is 0 Å². The number of esters is 2. The van der Waals surface area contributed by atoms with Gasteiger partial charge in [0.25, 0.3) is 6.41 Å². The number of aldehydes is 1. The maximum Gasteiger partial charge on any atom is 0.343 e. The van der Waals surface area contributed by atoms with Crippen LogP contribution in [0.15, 0.2) is 64.6 Å². The summed E-state index contributed by atoms with van der Waals surface area (Å²) in [6.45, 7) is 4.95. The molecule has 4 rings (SSSR count). The van der Waals surface area contributed by atoms with E-state index in [0.717, 1.165) is 43.2 Å². The number of benzene rings is 2. The Labute approximate surface area is 230 Å². The highest BCUT2D eigenvalue weighted by molar-refractivity contribution is 9.10. The smallest absolute Gasteiger partial charge is 0.343 e. The molecule has 2 aliphatic heterocycles. The van der Waals surface area contributed by atoms with Gasteiger partial charge < -0.3 is 18.9 Å². The van der Waals surface area contributed by atoms with Gasteiger partial charge in [-0.05, 0) is 29.7 Å². The average molecular weight is 587 g/mol. The molecule has 0 bridgehead atoms. The summed E-state index contributed by atoms with van der Waals surface area (Å²) in [4.78, 5) is 42.2. The van der Waals surface area contributed by atoms with Crippen LogP contribution in [-0.2, 0) is 33.3 Å². The average Bonchev–Trinajstić information content (AvgIpc) is 3.40. The van der Waals surface area contributed by atoms with Crippen molar-refractivity contribution in [1.82, 2.24) is 9.80 Å². The molecule has 2 atom stereocenters. The summed E-state index contributed by atoms with van der Waals surface area (Å²) in [7, 11) is 1.15. The summed E-state index contributed by atoms with van der Waals surface area (Å²) < 4.78 is 22.7. The number of methoxy groups -OCH3 is 1. The second kappa shape index (κ2) is 13.8. The van der Waals surface area contributed by atoms with E-state index in [1.54, 1.807) is 24.3 Å². The van der Waals surface area contributed by atoms with Crippen LogP contribution in [0.4, 0.5) is 0 Å². The zero-order chi connectivity index (χ0) is 26.9. The summed E-state index contributed by atoms with van der Waals surface area (Å²) in [6, 6.07) is 16.6. The van der Waals surface area contributed by atoms with Gasteiger partial charge in [0.2, 0.25) is 0 Å². The van der Waals surface area contributed by atoms with Gasteiger partial charge in [-0.15, -0.1) is 0 Å². The lowest BCUT2D eigenvalue weighted by atomic mass is 10.0. The largest absolute Gasteiger partial charge is 0.465 e. The van der Waals surface area contributed by atoms with Gasteiger partial charge >= 0.3 is 11.9 Å². The van der Waals surface area contributed by atoms with Crippen LogP contribution in [-0.4, -0.2) is 87.5 Å². The molecule has 2 fully saturated rings. The lowest BCUT2D eigenvalue weighted by molar-refractivity contribution is -0.193. The summed E-state index contributed by atoms with van der Waals surface area (Å²) in [5.41, 5.74) is 0.831. The molecule has 38 heavy (non-hydrogen) atoms. The van der Waals surface area contributed by atoms with Crippen molar-refractivity contribution in [2.75, 3.05) is 53.1 Å². The fraction of sp³-hybridized carbons (Fsp3) is 0.393. The highest BCUT2D eigenvalue weighted by Gasteiger charge is 2.37. The van der Waals surface area contributed by atoms with Crippen molar-refractivity contribution in [3.63, 3.8) is 0 Å². The number of rotatable bonds is 10. The third-order valence-corrected chi connectivity index (χ3v) is 7.15. The fourth-order valence-electron chi connectivity index (χ4n) is 4.66. The summed E-state index contributed by atoms with van der Waals surface area (Å²) >= 11 is 3.36. The van der Waals surface area contributed by atoms with Crippen LogP contribution in [0, 0.1) is 0 Å². The second-order valence-electron chi connectivity index (χ2n) is 8.90. The molecule has 0 N–H and O–H groups in total. The van der Waals surface area contributed by atoms with Gasteiger partial charge in [0.1, 0.15) is 5.57 Å². The molecule has 2 heterocycles. The predicted octanol–water partition coefficient (Wildman–Crippen LogP) is 3.20. The monoisotopic (exact) mass is 586 g/mol. The molecule has 0 spiro atoms. The number of carbonyl (C=O) groups excluding carboxylic acids is 3. The molecular weight excluding hydrogens is 556 g/mol. The summed E-state index contributed by atoms with van der Waals surface area (Å²) in [5, 5.41) is 0.